The zero-order chi connectivity index (χ0) is 20.0. The van der Waals surface area contributed by atoms with Crippen LogP contribution in [-0.2, 0) is 5.41 Å². The van der Waals surface area contributed by atoms with Gasteiger partial charge in [-0.05, 0) is 57.6 Å². The van der Waals surface area contributed by atoms with E-state index in [4.69, 9.17) is 0 Å². The molecule has 0 amide bonds. The van der Waals surface area contributed by atoms with Crippen molar-refractivity contribution in [3.8, 4) is 22.6 Å². The Bertz CT molecular complexity index is 1190. The molecule has 0 aliphatic heterocycles. The van der Waals surface area contributed by atoms with E-state index in [0.29, 0.717) is 6.29 Å². The van der Waals surface area contributed by atoms with Crippen molar-refractivity contribution in [3.63, 3.8) is 0 Å². The minimum atomic E-state index is -0.660. The predicted octanol–water partition coefficient (Wildman–Crippen LogP) is 5.27. The third-order valence-electron chi connectivity index (χ3n) is 5.84. The second-order valence-corrected chi connectivity index (χ2v) is 7.28. The lowest BCUT2D eigenvalue weighted by Crippen LogP contribution is -2.28. The molecule has 0 aromatic heterocycles. The van der Waals surface area contributed by atoms with Crippen molar-refractivity contribution in [2.45, 2.75) is 5.41 Å². The Balaban J connectivity index is 1.95. The monoisotopic (exact) mass is 378 g/mol. The van der Waals surface area contributed by atoms with Gasteiger partial charge < -0.3 is 10.2 Å². The molecule has 0 fully saturated rings. The fourth-order valence-corrected chi connectivity index (χ4v) is 4.62. The van der Waals surface area contributed by atoms with E-state index < -0.39 is 5.41 Å². The molecule has 0 unspecified atom stereocenters. The second kappa shape index (κ2) is 6.35. The Hall–Kier alpha value is -3.85. The molecule has 140 valence electrons. The van der Waals surface area contributed by atoms with Gasteiger partial charge in [0.15, 0.2) is 6.29 Å². The van der Waals surface area contributed by atoms with E-state index in [1.165, 1.54) is 0 Å². The third kappa shape index (κ3) is 2.34. The van der Waals surface area contributed by atoms with Crippen LogP contribution in [-0.4, -0.2) is 16.5 Å². The minimum absolute atomic E-state index is 0.0378. The lowest BCUT2D eigenvalue weighted by molar-refractivity contribution is 0.112. The SMILES string of the molecule is O=Cc1cc(C2(c3ccc(O)cc3)c3ccccc3-c3ccccc32)ccc1O. The number of carbonyl (C=O) groups excluding carboxylic acids is 1. The molecule has 0 bridgehead atoms. The number of hydrogen-bond donors (Lipinski definition) is 2. The zero-order valence-electron chi connectivity index (χ0n) is 15.5. The molecule has 0 heterocycles. The largest absolute Gasteiger partial charge is 0.508 e. The van der Waals surface area contributed by atoms with Crippen LogP contribution in [0.1, 0.15) is 32.6 Å². The first-order valence-electron chi connectivity index (χ1n) is 9.44. The molecule has 3 nitrogen and oxygen atoms in total. The molecule has 1 aliphatic carbocycles. The molecule has 0 saturated heterocycles. The van der Waals surface area contributed by atoms with Crippen LogP contribution in [0.5, 0.6) is 11.5 Å². The summed E-state index contributed by atoms with van der Waals surface area (Å²) in [6, 6.07) is 28.9. The number of rotatable bonds is 3. The number of fused-ring (bicyclic) bond motifs is 3. The van der Waals surface area contributed by atoms with Gasteiger partial charge in [0.1, 0.15) is 11.5 Å². The summed E-state index contributed by atoms with van der Waals surface area (Å²) in [4.78, 5) is 11.6. The smallest absolute Gasteiger partial charge is 0.153 e. The molecule has 0 radical (unpaired) electrons. The summed E-state index contributed by atoms with van der Waals surface area (Å²) in [5, 5.41) is 20.0. The van der Waals surface area contributed by atoms with Gasteiger partial charge in [0, 0.05) is 0 Å². The van der Waals surface area contributed by atoms with Crippen LogP contribution in [0.25, 0.3) is 11.1 Å². The number of phenols is 2. The van der Waals surface area contributed by atoms with E-state index in [1.54, 1.807) is 24.3 Å². The number of hydrogen-bond acceptors (Lipinski definition) is 3. The van der Waals surface area contributed by atoms with Gasteiger partial charge in [0.05, 0.1) is 11.0 Å². The zero-order valence-corrected chi connectivity index (χ0v) is 15.5. The van der Waals surface area contributed by atoms with Gasteiger partial charge in [-0.25, -0.2) is 0 Å². The first-order chi connectivity index (χ1) is 14.2. The molecule has 0 saturated carbocycles. The van der Waals surface area contributed by atoms with Crippen LogP contribution in [0, 0.1) is 0 Å². The molecule has 4 aromatic rings. The van der Waals surface area contributed by atoms with Crippen molar-refractivity contribution < 1.29 is 15.0 Å². The molecule has 3 heteroatoms. The number of aldehydes is 1. The van der Waals surface area contributed by atoms with Crippen molar-refractivity contribution in [3.05, 3.63) is 119 Å². The molecule has 1 aliphatic rings. The van der Waals surface area contributed by atoms with Gasteiger partial charge in [-0.2, -0.15) is 0 Å². The maximum Gasteiger partial charge on any atom is 0.153 e. The van der Waals surface area contributed by atoms with Crippen LogP contribution in [0.15, 0.2) is 91.0 Å². The highest BCUT2D eigenvalue weighted by Crippen LogP contribution is 2.56. The quantitative estimate of drug-likeness (QED) is 0.420. The summed E-state index contributed by atoms with van der Waals surface area (Å²) in [7, 11) is 0. The van der Waals surface area contributed by atoms with Crippen molar-refractivity contribution in [1.29, 1.82) is 0 Å². The minimum Gasteiger partial charge on any atom is -0.508 e. The Kier molecular flexibility index (Phi) is 3.78. The molecular formula is C26H18O3. The average molecular weight is 378 g/mol. The van der Waals surface area contributed by atoms with Crippen LogP contribution < -0.4 is 0 Å². The number of aromatic hydroxyl groups is 2. The van der Waals surface area contributed by atoms with E-state index in [0.717, 1.165) is 33.4 Å². The Morgan fingerprint density at radius 2 is 1.21 bits per heavy atom. The summed E-state index contributed by atoms with van der Waals surface area (Å²) in [6.07, 6.45) is 0.677. The molecule has 5 rings (SSSR count). The predicted molar refractivity (Wildman–Crippen MR) is 112 cm³/mol. The van der Waals surface area contributed by atoms with Crippen molar-refractivity contribution >= 4 is 6.29 Å². The highest BCUT2D eigenvalue weighted by molar-refractivity contribution is 5.87. The Labute approximate surface area is 168 Å². The topological polar surface area (TPSA) is 57.5 Å². The lowest BCUT2D eigenvalue weighted by atomic mass is 9.67. The number of phenolic OH excluding ortho intramolecular Hbond substituents is 2. The van der Waals surface area contributed by atoms with Crippen LogP contribution in [0.4, 0.5) is 0 Å². The van der Waals surface area contributed by atoms with Crippen LogP contribution in [0.3, 0.4) is 0 Å². The van der Waals surface area contributed by atoms with E-state index in [2.05, 4.69) is 24.3 Å². The molecule has 0 atom stereocenters. The maximum atomic E-state index is 11.6. The van der Waals surface area contributed by atoms with Crippen molar-refractivity contribution in [1.82, 2.24) is 0 Å². The fraction of sp³-hybridized carbons (Fsp3) is 0.0385. The van der Waals surface area contributed by atoms with Gasteiger partial charge in [-0.15, -0.1) is 0 Å². The van der Waals surface area contributed by atoms with E-state index in [9.17, 15) is 15.0 Å². The summed E-state index contributed by atoms with van der Waals surface area (Å²) >= 11 is 0. The van der Waals surface area contributed by atoms with Gasteiger partial charge in [0.25, 0.3) is 0 Å². The molecule has 0 spiro atoms. The summed E-state index contributed by atoms with van der Waals surface area (Å²) in [6.45, 7) is 0. The average Bonchev–Trinajstić information content (AvgIpc) is 3.06. The van der Waals surface area contributed by atoms with Crippen molar-refractivity contribution in [2.24, 2.45) is 0 Å². The van der Waals surface area contributed by atoms with Crippen LogP contribution in [0.2, 0.25) is 0 Å². The number of benzene rings is 4. The first-order valence-corrected chi connectivity index (χ1v) is 9.44. The molecule has 29 heavy (non-hydrogen) atoms. The van der Waals surface area contributed by atoms with E-state index >= 15 is 0 Å². The highest BCUT2D eigenvalue weighted by atomic mass is 16.3. The summed E-state index contributed by atoms with van der Waals surface area (Å²) in [5.41, 5.74) is 5.95. The first kappa shape index (κ1) is 17.3. The van der Waals surface area contributed by atoms with Gasteiger partial charge in [-0.1, -0.05) is 66.7 Å². The third-order valence-corrected chi connectivity index (χ3v) is 5.84. The maximum absolute atomic E-state index is 11.6. The van der Waals surface area contributed by atoms with Gasteiger partial charge in [0.2, 0.25) is 0 Å². The highest BCUT2D eigenvalue weighted by Gasteiger charge is 2.46. The fourth-order valence-electron chi connectivity index (χ4n) is 4.62. The molecule has 4 aromatic carbocycles. The van der Waals surface area contributed by atoms with Gasteiger partial charge >= 0.3 is 0 Å². The van der Waals surface area contributed by atoms with Gasteiger partial charge in [-0.3, -0.25) is 4.79 Å². The summed E-state index contributed by atoms with van der Waals surface area (Å²) in [5.74, 6) is 0.159. The molecular weight excluding hydrogens is 360 g/mol. The number of carbonyl (C=O) groups is 1. The standard InChI is InChI=1S/C26H18O3/c27-16-17-15-19(11-14-25(17)29)26(18-9-12-20(28)13-10-18)23-7-3-1-5-21(23)22-6-2-4-8-24(22)26/h1-16,28-29H. The van der Waals surface area contributed by atoms with E-state index in [1.807, 2.05) is 42.5 Å². The van der Waals surface area contributed by atoms with E-state index in [-0.39, 0.29) is 17.1 Å². The van der Waals surface area contributed by atoms with Crippen molar-refractivity contribution in [2.75, 3.05) is 0 Å². The Morgan fingerprint density at radius 3 is 1.79 bits per heavy atom. The normalized spacial score (nSPS) is 13.5. The lowest BCUT2D eigenvalue weighted by Gasteiger charge is -2.34. The van der Waals surface area contributed by atoms with Crippen LogP contribution >= 0.6 is 0 Å². The second-order valence-electron chi connectivity index (χ2n) is 7.28. The molecule has 2 N–H and O–H groups in total. The summed E-state index contributed by atoms with van der Waals surface area (Å²) < 4.78 is 0. The Morgan fingerprint density at radius 1 is 0.655 bits per heavy atom.